The Morgan fingerprint density at radius 3 is 2.17 bits per heavy atom. The Balaban J connectivity index is 3.92. The van der Waals surface area contributed by atoms with Crippen LogP contribution in [0.5, 0.6) is 0 Å². The summed E-state index contributed by atoms with van der Waals surface area (Å²) in [5.41, 5.74) is 4.92. The molecule has 5 nitrogen and oxygen atoms in total. The third kappa shape index (κ3) is 3.96. The fourth-order valence-electron chi connectivity index (χ4n) is 0.445. The highest BCUT2D eigenvalue weighted by Crippen LogP contribution is 1.98. The Morgan fingerprint density at radius 2 is 1.83 bits per heavy atom. The van der Waals surface area contributed by atoms with E-state index in [-0.39, 0.29) is 5.91 Å². The van der Waals surface area contributed by atoms with Gasteiger partial charge in [0.05, 0.1) is 0 Å². The summed E-state index contributed by atoms with van der Waals surface area (Å²) in [6.45, 7) is 0. The second-order valence-corrected chi connectivity index (χ2v) is 3.49. The molecule has 0 heterocycles. The lowest BCUT2D eigenvalue weighted by Gasteiger charge is -2.13. The molecule has 0 bridgehead atoms. The molecule has 4 N–H and O–H groups in total. The maximum absolute atomic E-state index is 11.1. The molecule has 0 aromatic rings. The number of amides is 2. The van der Waals surface area contributed by atoms with Crippen LogP contribution in [0, 0.1) is 0 Å². The van der Waals surface area contributed by atoms with Crippen LogP contribution in [0.25, 0.3) is 0 Å². The van der Waals surface area contributed by atoms with E-state index in [4.69, 9.17) is 5.73 Å². The number of hydrogen-bond donors (Lipinski definition) is 3. The number of primary amides is 1. The average molecular weight is 209 g/mol. The highest BCUT2D eigenvalue weighted by Gasteiger charge is 2.15. The van der Waals surface area contributed by atoms with Gasteiger partial charge in [0, 0.05) is 0 Å². The van der Waals surface area contributed by atoms with Crippen molar-refractivity contribution >= 4 is 30.3 Å². The first-order valence-electron chi connectivity index (χ1n) is 3.27. The molecule has 0 aliphatic rings. The minimum Gasteiger partial charge on any atom is -0.368 e. The fraction of sp³-hybridized carbons (Fsp3) is 0.600. The summed E-state index contributed by atoms with van der Waals surface area (Å²) >= 11 is 0. The Bertz CT molecular complexity index is 188. The quantitative estimate of drug-likeness (QED) is 0.478. The molecule has 0 fully saturated rings. The standard InChI is InChI=1S/C5H13N3O2P2/c1-7-5(12)3(10)8-4(11)2(6)9/h4-5,7H,11-12H2,1H3,(H2,6,9)(H,8,10). The van der Waals surface area contributed by atoms with Gasteiger partial charge in [0.1, 0.15) is 11.6 Å². The van der Waals surface area contributed by atoms with Crippen molar-refractivity contribution in [2.24, 2.45) is 5.73 Å². The van der Waals surface area contributed by atoms with Gasteiger partial charge in [-0.3, -0.25) is 9.59 Å². The third-order valence-corrected chi connectivity index (χ3v) is 2.33. The van der Waals surface area contributed by atoms with Crippen molar-refractivity contribution in [3.8, 4) is 0 Å². The van der Waals surface area contributed by atoms with Crippen molar-refractivity contribution in [2.75, 3.05) is 7.05 Å². The molecule has 0 rings (SSSR count). The molecule has 0 aliphatic carbocycles. The van der Waals surface area contributed by atoms with Crippen molar-refractivity contribution in [1.82, 2.24) is 10.6 Å². The first kappa shape index (κ1) is 11.8. The van der Waals surface area contributed by atoms with Crippen LogP contribution in [0.15, 0.2) is 0 Å². The fourth-order valence-corrected chi connectivity index (χ4v) is 0.706. The molecule has 4 atom stereocenters. The average Bonchev–Trinajstić information content (AvgIpc) is 2.02. The smallest absolute Gasteiger partial charge is 0.243 e. The molecule has 0 aliphatic heterocycles. The van der Waals surface area contributed by atoms with E-state index >= 15 is 0 Å². The van der Waals surface area contributed by atoms with Crippen LogP contribution in [0.1, 0.15) is 0 Å². The number of hydrogen-bond acceptors (Lipinski definition) is 3. The summed E-state index contributed by atoms with van der Waals surface area (Å²) in [4.78, 5) is 21.6. The summed E-state index contributed by atoms with van der Waals surface area (Å²) in [5.74, 6) is -2.00. The van der Waals surface area contributed by atoms with Crippen molar-refractivity contribution in [3.05, 3.63) is 0 Å². The van der Waals surface area contributed by atoms with Gasteiger partial charge in [-0.05, 0) is 7.05 Å². The van der Waals surface area contributed by atoms with Gasteiger partial charge < -0.3 is 16.4 Å². The first-order chi connectivity index (χ1) is 5.49. The van der Waals surface area contributed by atoms with Crippen LogP contribution < -0.4 is 16.4 Å². The second kappa shape index (κ2) is 5.41. The number of nitrogens with one attached hydrogen (secondary N) is 2. The zero-order chi connectivity index (χ0) is 9.72. The largest absolute Gasteiger partial charge is 0.368 e. The van der Waals surface area contributed by atoms with Gasteiger partial charge in [0.25, 0.3) is 0 Å². The predicted molar refractivity (Wildman–Crippen MR) is 53.4 cm³/mol. The van der Waals surface area contributed by atoms with E-state index < -0.39 is 17.5 Å². The summed E-state index contributed by atoms with van der Waals surface area (Å²) < 4.78 is 0. The van der Waals surface area contributed by atoms with Crippen molar-refractivity contribution in [2.45, 2.75) is 11.6 Å². The van der Waals surface area contributed by atoms with E-state index in [9.17, 15) is 9.59 Å². The van der Waals surface area contributed by atoms with Gasteiger partial charge in [0.15, 0.2) is 0 Å². The molecule has 12 heavy (non-hydrogen) atoms. The summed E-state index contributed by atoms with van der Waals surface area (Å²) in [6.07, 6.45) is 0. The van der Waals surface area contributed by atoms with Gasteiger partial charge in [-0.15, -0.1) is 18.5 Å². The molecule has 7 heteroatoms. The monoisotopic (exact) mass is 209 g/mol. The van der Waals surface area contributed by atoms with Crippen LogP contribution in [-0.4, -0.2) is 30.4 Å². The number of likely N-dealkylation sites (N-methyl/N-ethyl adjacent to an activating group) is 1. The highest BCUT2D eigenvalue weighted by atomic mass is 31.0. The zero-order valence-corrected chi connectivity index (χ0v) is 9.01. The molecule has 0 aromatic heterocycles. The van der Waals surface area contributed by atoms with Gasteiger partial charge >= 0.3 is 0 Å². The van der Waals surface area contributed by atoms with E-state index in [1.165, 1.54) is 0 Å². The first-order valence-corrected chi connectivity index (χ1v) is 4.60. The molecular weight excluding hydrogens is 196 g/mol. The van der Waals surface area contributed by atoms with Crippen molar-refractivity contribution in [3.63, 3.8) is 0 Å². The predicted octanol–water partition coefficient (Wildman–Crippen LogP) is -1.79. The molecule has 0 saturated carbocycles. The van der Waals surface area contributed by atoms with Crippen LogP contribution in [-0.2, 0) is 9.59 Å². The number of nitrogens with two attached hydrogens (primary N) is 1. The zero-order valence-electron chi connectivity index (χ0n) is 6.70. The maximum Gasteiger partial charge on any atom is 0.243 e. The van der Waals surface area contributed by atoms with Crippen LogP contribution in [0.2, 0.25) is 0 Å². The number of rotatable bonds is 4. The van der Waals surface area contributed by atoms with E-state index in [2.05, 4.69) is 29.1 Å². The maximum atomic E-state index is 11.1. The molecule has 4 unspecified atom stereocenters. The van der Waals surface area contributed by atoms with E-state index in [0.29, 0.717) is 0 Å². The molecule has 70 valence electrons. The Hall–Kier alpha value is -0.240. The molecule has 0 saturated heterocycles. The van der Waals surface area contributed by atoms with E-state index in [1.807, 2.05) is 0 Å². The third-order valence-electron chi connectivity index (χ3n) is 1.20. The van der Waals surface area contributed by atoms with Crippen LogP contribution in [0.3, 0.4) is 0 Å². The van der Waals surface area contributed by atoms with Crippen LogP contribution in [0.4, 0.5) is 0 Å². The van der Waals surface area contributed by atoms with Crippen molar-refractivity contribution < 1.29 is 9.59 Å². The lowest BCUT2D eigenvalue weighted by atomic mass is 10.5. The van der Waals surface area contributed by atoms with Gasteiger partial charge in [-0.1, -0.05) is 0 Å². The van der Waals surface area contributed by atoms with Crippen LogP contribution >= 0.6 is 18.5 Å². The minimum atomic E-state index is -0.714. The number of carbonyl (C=O) groups excluding carboxylic acids is 2. The van der Waals surface area contributed by atoms with Gasteiger partial charge in [-0.2, -0.15) is 0 Å². The van der Waals surface area contributed by atoms with E-state index in [0.717, 1.165) is 0 Å². The van der Waals surface area contributed by atoms with Crippen molar-refractivity contribution in [1.29, 1.82) is 0 Å². The van der Waals surface area contributed by atoms with Gasteiger partial charge in [0.2, 0.25) is 11.8 Å². The summed E-state index contributed by atoms with van der Waals surface area (Å²) in [7, 11) is 6.07. The normalized spacial score (nSPS) is 14.9. The Morgan fingerprint density at radius 1 is 1.33 bits per heavy atom. The lowest BCUT2D eigenvalue weighted by molar-refractivity contribution is -0.125. The molecule has 0 spiro atoms. The van der Waals surface area contributed by atoms with E-state index in [1.54, 1.807) is 7.05 Å². The molecule has 0 aromatic carbocycles. The summed E-state index contributed by atoms with van der Waals surface area (Å²) in [5, 5.41) is 5.09. The summed E-state index contributed by atoms with van der Waals surface area (Å²) in [6, 6.07) is 0. The molecule has 2 amide bonds. The lowest BCUT2D eigenvalue weighted by Crippen LogP contribution is -2.46. The van der Waals surface area contributed by atoms with Gasteiger partial charge in [-0.25, -0.2) is 0 Å². The highest BCUT2D eigenvalue weighted by molar-refractivity contribution is 7.20. The SMILES string of the molecule is CNC(P)C(=O)NC(P)C(N)=O. The minimum absolute atomic E-state index is 0.290. The Kier molecular flexibility index (Phi) is 5.31. The number of carbonyl (C=O) groups is 2. The second-order valence-electron chi connectivity index (χ2n) is 2.15. The Labute approximate surface area is 75.6 Å². The molecule has 0 radical (unpaired) electrons. The molecular formula is C5H13N3O2P2. The topological polar surface area (TPSA) is 84.2 Å².